The lowest BCUT2D eigenvalue weighted by molar-refractivity contribution is -0.142. The maximum atomic E-state index is 13.4. The fourth-order valence-corrected chi connectivity index (χ4v) is 2.67. The van der Waals surface area contributed by atoms with Crippen molar-refractivity contribution in [3.8, 4) is 0 Å². The van der Waals surface area contributed by atoms with E-state index in [1.165, 1.54) is 11.0 Å². The van der Waals surface area contributed by atoms with E-state index in [2.05, 4.69) is 0 Å². The van der Waals surface area contributed by atoms with E-state index in [1.807, 2.05) is 0 Å². The number of halogens is 2. The number of benzene rings is 1. The topological polar surface area (TPSA) is 57.6 Å². The maximum Gasteiger partial charge on any atom is 0.309 e. The van der Waals surface area contributed by atoms with Gasteiger partial charge in [-0.3, -0.25) is 9.59 Å². The van der Waals surface area contributed by atoms with Crippen LogP contribution in [0.2, 0.25) is 0 Å². The molecular formula is C14H15F2NO3. The Morgan fingerprint density at radius 3 is 2.50 bits per heavy atom. The first kappa shape index (κ1) is 14.4. The third-order valence-electron chi connectivity index (χ3n) is 3.52. The molecule has 1 heterocycles. The van der Waals surface area contributed by atoms with Crippen LogP contribution in [0.5, 0.6) is 0 Å². The number of carboxylic acid groups (broad SMARTS) is 1. The molecule has 2 atom stereocenters. The SMILES string of the molecule is CC(C)N1C(=O)CC(C(=O)O)C1c1ccc(F)c(F)c1. The highest BCUT2D eigenvalue weighted by Gasteiger charge is 2.45. The maximum absolute atomic E-state index is 13.4. The summed E-state index contributed by atoms with van der Waals surface area (Å²) in [7, 11) is 0. The number of hydrogen-bond acceptors (Lipinski definition) is 2. The first-order chi connectivity index (χ1) is 9.32. The quantitative estimate of drug-likeness (QED) is 0.926. The van der Waals surface area contributed by atoms with E-state index in [0.717, 1.165) is 12.1 Å². The number of aliphatic carboxylic acids is 1. The molecule has 1 saturated heterocycles. The van der Waals surface area contributed by atoms with E-state index in [9.17, 15) is 23.5 Å². The molecule has 0 aromatic heterocycles. The summed E-state index contributed by atoms with van der Waals surface area (Å²) in [6, 6.07) is 2.25. The summed E-state index contributed by atoms with van der Waals surface area (Å²) in [5.74, 6) is -4.40. The van der Waals surface area contributed by atoms with Crippen LogP contribution in [0.1, 0.15) is 31.9 Å². The second-order valence-corrected chi connectivity index (χ2v) is 5.16. The molecule has 0 aliphatic carbocycles. The molecule has 1 N–H and O–H groups in total. The van der Waals surface area contributed by atoms with Crippen LogP contribution in [0.25, 0.3) is 0 Å². The lowest BCUT2D eigenvalue weighted by atomic mass is 9.93. The summed E-state index contributed by atoms with van der Waals surface area (Å²) in [6.45, 7) is 3.52. The average Bonchev–Trinajstić information content (AvgIpc) is 2.70. The van der Waals surface area contributed by atoms with E-state index in [1.54, 1.807) is 13.8 Å². The van der Waals surface area contributed by atoms with Gasteiger partial charge in [-0.25, -0.2) is 8.78 Å². The van der Waals surface area contributed by atoms with Gasteiger partial charge in [0.05, 0.1) is 12.0 Å². The number of rotatable bonds is 3. The van der Waals surface area contributed by atoms with Crippen molar-refractivity contribution >= 4 is 11.9 Å². The number of carboxylic acids is 1. The molecule has 6 heteroatoms. The average molecular weight is 283 g/mol. The third-order valence-corrected chi connectivity index (χ3v) is 3.52. The standard InChI is InChI=1S/C14H15F2NO3/c1-7(2)17-12(18)6-9(14(19)20)13(17)8-3-4-10(15)11(16)5-8/h3-5,7,9,13H,6H2,1-2H3,(H,19,20). The molecule has 1 aromatic carbocycles. The van der Waals surface area contributed by atoms with Crippen molar-refractivity contribution < 1.29 is 23.5 Å². The van der Waals surface area contributed by atoms with Gasteiger partial charge in [0.1, 0.15) is 0 Å². The predicted molar refractivity (Wildman–Crippen MR) is 66.8 cm³/mol. The summed E-state index contributed by atoms with van der Waals surface area (Å²) in [5, 5.41) is 9.24. The lowest BCUT2D eigenvalue weighted by Crippen LogP contribution is -2.36. The highest BCUT2D eigenvalue weighted by molar-refractivity contribution is 5.87. The second-order valence-electron chi connectivity index (χ2n) is 5.16. The molecule has 1 aliphatic heterocycles. The Bertz CT molecular complexity index is 559. The van der Waals surface area contributed by atoms with Crippen LogP contribution in [0.3, 0.4) is 0 Å². The van der Waals surface area contributed by atoms with Crippen LogP contribution < -0.4 is 0 Å². The Morgan fingerprint density at radius 1 is 1.35 bits per heavy atom. The monoisotopic (exact) mass is 283 g/mol. The number of likely N-dealkylation sites (tertiary alicyclic amines) is 1. The highest BCUT2D eigenvalue weighted by atomic mass is 19.2. The van der Waals surface area contributed by atoms with Gasteiger partial charge < -0.3 is 10.0 Å². The molecule has 0 radical (unpaired) electrons. The van der Waals surface area contributed by atoms with E-state index < -0.39 is 29.6 Å². The molecule has 4 nitrogen and oxygen atoms in total. The molecule has 1 amide bonds. The molecule has 0 spiro atoms. The van der Waals surface area contributed by atoms with Crippen molar-refractivity contribution in [1.29, 1.82) is 0 Å². The molecule has 1 fully saturated rings. The summed E-state index contributed by atoms with van der Waals surface area (Å²) in [4.78, 5) is 24.7. The zero-order chi connectivity index (χ0) is 15.0. The molecule has 1 aromatic rings. The van der Waals surface area contributed by atoms with E-state index in [-0.39, 0.29) is 18.4 Å². The molecule has 1 aliphatic rings. The minimum atomic E-state index is -1.11. The van der Waals surface area contributed by atoms with Gasteiger partial charge in [-0.2, -0.15) is 0 Å². The molecule has 20 heavy (non-hydrogen) atoms. The highest BCUT2D eigenvalue weighted by Crippen LogP contribution is 2.39. The normalized spacial score (nSPS) is 22.6. The zero-order valence-electron chi connectivity index (χ0n) is 11.1. The van der Waals surface area contributed by atoms with Crippen LogP contribution in [0.4, 0.5) is 8.78 Å². The fourth-order valence-electron chi connectivity index (χ4n) is 2.67. The fraction of sp³-hybridized carbons (Fsp3) is 0.429. The Hall–Kier alpha value is -1.98. The van der Waals surface area contributed by atoms with Gasteiger partial charge in [0.2, 0.25) is 5.91 Å². The number of carbonyl (C=O) groups excluding carboxylic acids is 1. The van der Waals surface area contributed by atoms with E-state index in [0.29, 0.717) is 5.56 Å². The molecule has 108 valence electrons. The Labute approximate surface area is 115 Å². The van der Waals surface area contributed by atoms with E-state index in [4.69, 9.17) is 0 Å². The largest absolute Gasteiger partial charge is 0.481 e. The van der Waals surface area contributed by atoms with Crippen molar-refractivity contribution in [3.05, 3.63) is 35.4 Å². The molecule has 2 unspecified atom stereocenters. The second kappa shape index (κ2) is 5.19. The first-order valence-corrected chi connectivity index (χ1v) is 6.32. The smallest absolute Gasteiger partial charge is 0.309 e. The van der Waals surface area contributed by atoms with Crippen molar-refractivity contribution in [2.75, 3.05) is 0 Å². The van der Waals surface area contributed by atoms with Crippen LogP contribution >= 0.6 is 0 Å². The van der Waals surface area contributed by atoms with Gasteiger partial charge in [-0.1, -0.05) is 6.07 Å². The van der Waals surface area contributed by atoms with Crippen molar-refractivity contribution in [2.24, 2.45) is 5.92 Å². The van der Waals surface area contributed by atoms with Crippen LogP contribution in [-0.2, 0) is 9.59 Å². The van der Waals surface area contributed by atoms with Crippen molar-refractivity contribution in [2.45, 2.75) is 32.4 Å². The molecule has 0 saturated carbocycles. The summed E-state index contributed by atoms with van der Waals surface area (Å²) in [6.07, 6.45) is -0.128. The van der Waals surface area contributed by atoms with Gasteiger partial charge in [0.25, 0.3) is 0 Å². The Morgan fingerprint density at radius 2 is 2.00 bits per heavy atom. The summed E-state index contributed by atoms with van der Waals surface area (Å²) >= 11 is 0. The number of nitrogens with zero attached hydrogens (tertiary/aromatic N) is 1. The van der Waals surface area contributed by atoms with Crippen molar-refractivity contribution in [1.82, 2.24) is 4.90 Å². The molecule has 2 rings (SSSR count). The van der Waals surface area contributed by atoms with Gasteiger partial charge in [0, 0.05) is 12.5 Å². The third kappa shape index (κ3) is 2.37. The molecule has 0 bridgehead atoms. The minimum Gasteiger partial charge on any atom is -0.481 e. The summed E-state index contributed by atoms with van der Waals surface area (Å²) in [5.41, 5.74) is 0.302. The number of amides is 1. The van der Waals surface area contributed by atoms with Gasteiger partial charge in [-0.05, 0) is 31.5 Å². The number of hydrogen-bond donors (Lipinski definition) is 1. The van der Waals surface area contributed by atoms with E-state index >= 15 is 0 Å². The van der Waals surface area contributed by atoms with Crippen LogP contribution in [0.15, 0.2) is 18.2 Å². The first-order valence-electron chi connectivity index (χ1n) is 6.32. The van der Waals surface area contributed by atoms with Crippen LogP contribution in [0, 0.1) is 17.6 Å². The van der Waals surface area contributed by atoms with Gasteiger partial charge >= 0.3 is 5.97 Å². The Kier molecular flexibility index (Phi) is 3.74. The van der Waals surface area contributed by atoms with Crippen molar-refractivity contribution in [3.63, 3.8) is 0 Å². The van der Waals surface area contributed by atoms with Gasteiger partial charge in [0.15, 0.2) is 11.6 Å². The van der Waals surface area contributed by atoms with Crippen LogP contribution in [-0.4, -0.2) is 27.9 Å². The molecular weight excluding hydrogens is 268 g/mol. The lowest BCUT2D eigenvalue weighted by Gasteiger charge is -2.30. The minimum absolute atomic E-state index is 0.128. The number of carbonyl (C=O) groups is 2. The summed E-state index contributed by atoms with van der Waals surface area (Å²) < 4.78 is 26.4. The Balaban J connectivity index is 2.48. The zero-order valence-corrected chi connectivity index (χ0v) is 11.1. The predicted octanol–water partition coefficient (Wildman–Crippen LogP) is 2.35. The van der Waals surface area contributed by atoms with Gasteiger partial charge in [-0.15, -0.1) is 0 Å².